The van der Waals surface area contributed by atoms with E-state index >= 15 is 0 Å². The molecule has 1 aromatic heterocycles. The van der Waals surface area contributed by atoms with Crippen molar-refractivity contribution >= 4 is 33.0 Å². The highest BCUT2D eigenvalue weighted by molar-refractivity contribution is 9.11. The number of aromatic nitrogens is 1. The van der Waals surface area contributed by atoms with Gasteiger partial charge in [-0.3, -0.25) is 0 Å². The lowest BCUT2D eigenvalue weighted by Gasteiger charge is -2.13. The fourth-order valence-corrected chi connectivity index (χ4v) is 3.39. The van der Waals surface area contributed by atoms with Crippen LogP contribution in [0.4, 0.5) is 5.69 Å². The third-order valence-corrected chi connectivity index (χ3v) is 5.02. The molecule has 1 heterocycles. The molecule has 0 fully saturated rings. The third kappa shape index (κ3) is 2.77. The Morgan fingerprint density at radius 3 is 2.53 bits per heavy atom. The second-order valence-electron chi connectivity index (χ2n) is 5.43. The number of thiazole rings is 1. The molecular weight excluding hydrogens is 324 g/mol. The van der Waals surface area contributed by atoms with Crippen molar-refractivity contribution in [1.29, 1.82) is 0 Å². The van der Waals surface area contributed by atoms with Crippen molar-refractivity contribution in [3.63, 3.8) is 0 Å². The molecule has 5 heteroatoms. The van der Waals surface area contributed by atoms with Gasteiger partial charge in [0.2, 0.25) is 0 Å². The topological polar surface area (TPSA) is 42.3 Å². The molecule has 0 aliphatic rings. The second kappa shape index (κ2) is 5.13. The van der Waals surface area contributed by atoms with Crippen molar-refractivity contribution in [3.05, 3.63) is 37.5 Å². The fourth-order valence-electron chi connectivity index (χ4n) is 1.77. The minimum absolute atomic E-state index is 0.0138. The summed E-state index contributed by atoms with van der Waals surface area (Å²) in [4.78, 5) is 15.5. The molecule has 2 rings (SSSR count). The summed E-state index contributed by atoms with van der Waals surface area (Å²) < 4.78 is 0.989. The molecule has 0 bridgehead atoms. The average Bonchev–Trinajstić information content (AvgIpc) is 2.71. The molecule has 0 N–H and O–H groups in total. The smallest absolute Gasteiger partial charge is 0.111 e. The largest absolute Gasteiger partial charge is 0.239 e. The molecule has 0 aliphatic carbocycles. The summed E-state index contributed by atoms with van der Waals surface area (Å²) in [5, 5.41) is 4.12. The maximum absolute atomic E-state index is 10.8. The van der Waals surface area contributed by atoms with E-state index in [1.54, 1.807) is 17.4 Å². The quantitative estimate of drug-likeness (QED) is 0.671. The van der Waals surface area contributed by atoms with Crippen molar-refractivity contribution in [2.45, 2.75) is 33.1 Å². The average molecular weight is 339 g/mol. The van der Waals surface area contributed by atoms with Crippen LogP contribution in [0.15, 0.2) is 27.2 Å². The summed E-state index contributed by atoms with van der Waals surface area (Å²) in [6.45, 7) is 8.31. The first kappa shape index (κ1) is 14.3. The van der Waals surface area contributed by atoms with Crippen molar-refractivity contribution in [3.8, 4) is 11.3 Å². The molecule has 0 saturated heterocycles. The summed E-state index contributed by atoms with van der Waals surface area (Å²) >= 11 is 5.21. The Hall–Kier alpha value is -1.07. The first-order valence-electron chi connectivity index (χ1n) is 5.94. The molecule has 0 unspecified atom stereocenters. The summed E-state index contributed by atoms with van der Waals surface area (Å²) in [6, 6.07) is 5.52. The molecule has 1 aromatic carbocycles. The van der Waals surface area contributed by atoms with Gasteiger partial charge in [0.25, 0.3) is 0 Å². The molecule has 0 aliphatic heterocycles. The van der Waals surface area contributed by atoms with Gasteiger partial charge in [-0.25, -0.2) is 4.98 Å². The van der Waals surface area contributed by atoms with E-state index in [2.05, 4.69) is 41.9 Å². The molecule has 0 saturated carbocycles. The molecule has 2 aromatic rings. The van der Waals surface area contributed by atoms with E-state index in [9.17, 15) is 4.91 Å². The number of benzene rings is 1. The highest BCUT2D eigenvalue weighted by atomic mass is 79.9. The van der Waals surface area contributed by atoms with Crippen LogP contribution in [-0.2, 0) is 5.41 Å². The van der Waals surface area contributed by atoms with Crippen LogP contribution in [-0.4, -0.2) is 4.98 Å². The maximum atomic E-state index is 10.8. The molecule has 0 atom stereocenters. The number of halogens is 1. The normalized spacial score (nSPS) is 11.6. The summed E-state index contributed by atoms with van der Waals surface area (Å²) in [7, 11) is 0. The standard InChI is InChI=1S/C14H15BrN2OS/c1-8-9(6-5-7-10(8)17-18)11-12(15)19-13(16-11)14(2,3)4/h5-7H,1-4H3. The van der Waals surface area contributed by atoms with Crippen LogP contribution in [0.1, 0.15) is 31.3 Å². The van der Waals surface area contributed by atoms with E-state index in [1.165, 1.54) is 0 Å². The van der Waals surface area contributed by atoms with Crippen LogP contribution in [0.5, 0.6) is 0 Å². The number of nitrogens with zero attached hydrogens (tertiary/aromatic N) is 2. The predicted molar refractivity (Wildman–Crippen MR) is 84.1 cm³/mol. The van der Waals surface area contributed by atoms with Crippen LogP contribution in [0.2, 0.25) is 0 Å². The molecule has 0 amide bonds. The number of rotatable bonds is 2. The monoisotopic (exact) mass is 338 g/mol. The summed E-state index contributed by atoms with van der Waals surface area (Å²) in [5.74, 6) is 0. The summed E-state index contributed by atoms with van der Waals surface area (Å²) in [6.07, 6.45) is 0. The van der Waals surface area contributed by atoms with E-state index in [0.717, 1.165) is 25.6 Å². The molecular formula is C14H15BrN2OS. The van der Waals surface area contributed by atoms with Gasteiger partial charge in [0, 0.05) is 11.0 Å². The molecule has 100 valence electrons. The lowest BCUT2D eigenvalue weighted by Crippen LogP contribution is -2.10. The first-order chi connectivity index (χ1) is 8.84. The van der Waals surface area contributed by atoms with Gasteiger partial charge in [0.1, 0.15) is 5.69 Å². The van der Waals surface area contributed by atoms with E-state index in [4.69, 9.17) is 4.98 Å². The molecule has 0 radical (unpaired) electrons. The Morgan fingerprint density at radius 2 is 2.00 bits per heavy atom. The summed E-state index contributed by atoms with van der Waals surface area (Å²) in [5.41, 5.74) is 3.19. The zero-order valence-electron chi connectivity index (χ0n) is 11.3. The highest BCUT2D eigenvalue weighted by Crippen LogP contribution is 2.40. The molecule has 0 spiro atoms. The third-order valence-electron chi connectivity index (χ3n) is 2.89. The second-order valence-corrected chi connectivity index (χ2v) is 7.75. The zero-order chi connectivity index (χ0) is 14.2. The SMILES string of the molecule is Cc1c(N=O)cccc1-c1nc(C(C)(C)C)sc1Br. The van der Waals surface area contributed by atoms with Gasteiger partial charge in [-0.1, -0.05) is 32.9 Å². The van der Waals surface area contributed by atoms with E-state index in [1.807, 2.05) is 19.1 Å². The van der Waals surface area contributed by atoms with Crippen LogP contribution in [0.25, 0.3) is 11.3 Å². The maximum Gasteiger partial charge on any atom is 0.111 e. The molecule has 3 nitrogen and oxygen atoms in total. The van der Waals surface area contributed by atoms with Crippen molar-refractivity contribution < 1.29 is 0 Å². The van der Waals surface area contributed by atoms with Gasteiger partial charge in [0.05, 0.1) is 14.5 Å². The molecule has 19 heavy (non-hydrogen) atoms. The first-order valence-corrected chi connectivity index (χ1v) is 7.55. The van der Waals surface area contributed by atoms with Crippen molar-refractivity contribution in [2.75, 3.05) is 0 Å². The van der Waals surface area contributed by atoms with E-state index in [0.29, 0.717) is 5.69 Å². The van der Waals surface area contributed by atoms with Gasteiger partial charge in [-0.15, -0.1) is 16.2 Å². The van der Waals surface area contributed by atoms with Gasteiger partial charge < -0.3 is 0 Å². The Bertz CT molecular complexity index is 629. The van der Waals surface area contributed by atoms with E-state index < -0.39 is 0 Å². The highest BCUT2D eigenvalue weighted by Gasteiger charge is 2.22. The Balaban J connectivity index is 2.60. The van der Waals surface area contributed by atoms with Gasteiger partial charge in [0.15, 0.2) is 0 Å². The van der Waals surface area contributed by atoms with Gasteiger partial charge in [-0.2, -0.15) is 0 Å². The van der Waals surface area contributed by atoms with Crippen LogP contribution < -0.4 is 0 Å². The van der Waals surface area contributed by atoms with E-state index in [-0.39, 0.29) is 5.41 Å². The fraction of sp³-hybridized carbons (Fsp3) is 0.357. The predicted octanol–water partition coefficient (Wildman–Crippen LogP) is 5.58. The van der Waals surface area contributed by atoms with Crippen LogP contribution in [0, 0.1) is 11.8 Å². The number of hydrogen-bond donors (Lipinski definition) is 0. The van der Waals surface area contributed by atoms with Crippen molar-refractivity contribution in [2.24, 2.45) is 5.18 Å². The van der Waals surface area contributed by atoms with Crippen LogP contribution >= 0.6 is 27.3 Å². The zero-order valence-corrected chi connectivity index (χ0v) is 13.7. The van der Waals surface area contributed by atoms with Gasteiger partial charge in [-0.05, 0) is 39.7 Å². The lowest BCUT2D eigenvalue weighted by molar-refractivity contribution is 0.586. The lowest BCUT2D eigenvalue weighted by atomic mass is 9.98. The number of hydrogen-bond acceptors (Lipinski definition) is 4. The van der Waals surface area contributed by atoms with Crippen LogP contribution in [0.3, 0.4) is 0 Å². The van der Waals surface area contributed by atoms with Gasteiger partial charge >= 0.3 is 0 Å². The Labute approximate surface area is 125 Å². The minimum atomic E-state index is 0.0138. The minimum Gasteiger partial charge on any atom is -0.239 e. The van der Waals surface area contributed by atoms with Crippen molar-refractivity contribution in [1.82, 2.24) is 4.98 Å². The number of nitroso groups, excluding NO2 is 1. The Morgan fingerprint density at radius 1 is 1.32 bits per heavy atom. The Kier molecular flexibility index (Phi) is 3.87.